The molecule has 0 bridgehead atoms. The lowest BCUT2D eigenvalue weighted by Gasteiger charge is -2.38. The third-order valence-electron chi connectivity index (χ3n) is 6.73. The third kappa shape index (κ3) is 6.42. The molecule has 8 heteroatoms. The molecule has 1 fully saturated rings. The van der Waals surface area contributed by atoms with Crippen molar-refractivity contribution in [1.82, 2.24) is 4.90 Å². The van der Waals surface area contributed by atoms with Crippen LogP contribution in [0.4, 0.5) is 0 Å². The molecule has 2 heterocycles. The van der Waals surface area contributed by atoms with E-state index in [2.05, 4.69) is 46.7 Å². The minimum atomic E-state index is -1.52. The van der Waals surface area contributed by atoms with Crippen LogP contribution in [0.15, 0.2) is 70.9 Å². The average Bonchev–Trinajstić information content (AvgIpc) is 3.46. The van der Waals surface area contributed by atoms with Gasteiger partial charge in [-0.15, -0.1) is 11.3 Å². The molecule has 0 saturated carbocycles. The smallest absolute Gasteiger partial charge is 0.236 e. The Morgan fingerprint density at radius 2 is 1.86 bits per heavy atom. The summed E-state index contributed by atoms with van der Waals surface area (Å²) in [6, 6.07) is 20.1. The number of amides is 1. The van der Waals surface area contributed by atoms with Crippen molar-refractivity contribution in [2.24, 2.45) is 5.73 Å². The van der Waals surface area contributed by atoms with E-state index < -0.39 is 21.5 Å². The van der Waals surface area contributed by atoms with Crippen LogP contribution in [-0.2, 0) is 26.8 Å². The number of primary amides is 1. The lowest BCUT2D eigenvalue weighted by atomic mass is 9.95. The van der Waals surface area contributed by atoms with Crippen LogP contribution >= 0.6 is 11.3 Å². The summed E-state index contributed by atoms with van der Waals surface area (Å²) in [5.74, 6) is 0.237. The minimum Gasteiger partial charge on any atom is -0.494 e. The monoisotopic (exact) mass is 526 g/mol. The highest BCUT2D eigenvalue weighted by Gasteiger charge is 2.46. The fraction of sp³-hybridized carbons (Fsp3) is 0.393. The molecule has 0 radical (unpaired) electrons. The van der Waals surface area contributed by atoms with E-state index in [9.17, 15) is 9.00 Å². The first-order valence-corrected chi connectivity index (χ1v) is 14.3. The van der Waals surface area contributed by atoms with Gasteiger partial charge in [-0.05, 0) is 72.5 Å². The highest BCUT2D eigenvalue weighted by Crippen LogP contribution is 2.33. The number of nitrogens with two attached hydrogens (primary N) is 1. The predicted octanol–water partition coefficient (Wildman–Crippen LogP) is 4.50. The van der Waals surface area contributed by atoms with E-state index in [0.717, 1.165) is 25.1 Å². The number of thiophene rings is 1. The zero-order valence-corrected chi connectivity index (χ0v) is 22.3. The number of aryl methyl sites for hydroxylation is 1. The van der Waals surface area contributed by atoms with Crippen LogP contribution in [0, 0.1) is 0 Å². The molecule has 4 rings (SSSR count). The van der Waals surface area contributed by atoms with Crippen LogP contribution < -0.4 is 10.5 Å². The maximum Gasteiger partial charge on any atom is 0.236 e. The number of hydrogen-bond acceptors (Lipinski definition) is 6. The van der Waals surface area contributed by atoms with Crippen LogP contribution in [0.2, 0.25) is 0 Å². The van der Waals surface area contributed by atoms with Gasteiger partial charge in [0.15, 0.2) is 0 Å². The topological polar surface area (TPSA) is 81.9 Å². The van der Waals surface area contributed by atoms with Gasteiger partial charge in [-0.25, -0.2) is 0 Å². The average molecular weight is 527 g/mol. The maximum absolute atomic E-state index is 13.5. The van der Waals surface area contributed by atoms with Gasteiger partial charge in [0, 0.05) is 36.5 Å². The van der Waals surface area contributed by atoms with Gasteiger partial charge < -0.3 is 20.1 Å². The van der Waals surface area contributed by atoms with E-state index in [-0.39, 0.29) is 0 Å². The largest absolute Gasteiger partial charge is 0.494 e. The first-order chi connectivity index (χ1) is 17.5. The SMILES string of the molecule is COCCN1CCC(C(N)=O)(S(=O)c2ccc(OCCCc3cccc(-c4cccs4)c3)cc2)CC1. The highest BCUT2D eigenvalue weighted by atomic mass is 32.2. The number of nitrogens with zero attached hydrogens (tertiary/aromatic N) is 1. The van der Waals surface area contributed by atoms with Gasteiger partial charge in [0.25, 0.3) is 0 Å². The number of hydrogen-bond donors (Lipinski definition) is 1. The van der Waals surface area contributed by atoms with Crippen LogP contribution in [0.5, 0.6) is 5.75 Å². The van der Waals surface area contributed by atoms with Gasteiger partial charge in [-0.1, -0.05) is 30.3 Å². The fourth-order valence-corrected chi connectivity index (χ4v) is 6.85. The van der Waals surface area contributed by atoms with Crippen molar-refractivity contribution >= 4 is 28.0 Å². The molecule has 1 amide bonds. The molecule has 1 aliphatic rings. The van der Waals surface area contributed by atoms with Crippen molar-refractivity contribution in [3.63, 3.8) is 0 Å². The Balaban J connectivity index is 1.29. The number of rotatable bonds is 12. The number of carbonyl (C=O) groups excluding carboxylic acids is 1. The summed E-state index contributed by atoms with van der Waals surface area (Å²) in [5.41, 5.74) is 8.33. The molecule has 0 spiro atoms. The maximum atomic E-state index is 13.5. The van der Waals surface area contributed by atoms with Crippen LogP contribution in [-0.4, -0.2) is 59.7 Å². The number of methoxy groups -OCH3 is 1. The first kappa shape index (κ1) is 26.5. The zero-order valence-electron chi connectivity index (χ0n) is 20.7. The zero-order chi connectivity index (χ0) is 25.4. The van der Waals surface area contributed by atoms with Gasteiger partial charge >= 0.3 is 0 Å². The second kappa shape index (κ2) is 12.6. The minimum absolute atomic E-state index is 0.477. The van der Waals surface area contributed by atoms with E-state index in [1.807, 2.05) is 12.1 Å². The Morgan fingerprint density at radius 3 is 2.53 bits per heavy atom. The van der Waals surface area contributed by atoms with Crippen LogP contribution in [0.25, 0.3) is 10.4 Å². The lowest BCUT2D eigenvalue weighted by Crippen LogP contribution is -2.55. The number of likely N-dealkylation sites (tertiary alicyclic amines) is 1. The van der Waals surface area contributed by atoms with Gasteiger partial charge in [-0.3, -0.25) is 9.00 Å². The highest BCUT2D eigenvalue weighted by molar-refractivity contribution is 7.87. The van der Waals surface area contributed by atoms with Crippen molar-refractivity contribution < 1.29 is 18.5 Å². The van der Waals surface area contributed by atoms with E-state index >= 15 is 0 Å². The van der Waals surface area contributed by atoms with Crippen molar-refractivity contribution in [3.05, 3.63) is 71.6 Å². The Morgan fingerprint density at radius 1 is 1.08 bits per heavy atom. The van der Waals surface area contributed by atoms with Gasteiger partial charge in [-0.2, -0.15) is 0 Å². The molecule has 1 atom stereocenters. The molecule has 2 aromatic carbocycles. The van der Waals surface area contributed by atoms with E-state index in [1.54, 1.807) is 30.6 Å². The van der Waals surface area contributed by atoms with Crippen LogP contribution in [0.3, 0.4) is 0 Å². The third-order valence-corrected chi connectivity index (χ3v) is 9.67. The summed E-state index contributed by atoms with van der Waals surface area (Å²) in [6.07, 6.45) is 2.78. The summed E-state index contributed by atoms with van der Waals surface area (Å²) >= 11 is 1.75. The quantitative estimate of drug-likeness (QED) is 0.352. The second-order valence-electron chi connectivity index (χ2n) is 9.06. The normalized spacial score (nSPS) is 16.5. The lowest BCUT2D eigenvalue weighted by molar-refractivity contribution is -0.121. The van der Waals surface area contributed by atoms with Crippen molar-refractivity contribution in [2.75, 3.05) is 40.0 Å². The molecular weight excluding hydrogens is 492 g/mol. The molecule has 1 aromatic heterocycles. The van der Waals surface area contributed by atoms with Crippen molar-refractivity contribution in [3.8, 4) is 16.2 Å². The Hall–Kier alpha value is -2.52. The second-order valence-corrected chi connectivity index (χ2v) is 11.8. The Kier molecular flexibility index (Phi) is 9.31. The molecule has 36 heavy (non-hydrogen) atoms. The number of benzene rings is 2. The fourth-order valence-electron chi connectivity index (χ4n) is 4.56. The molecular formula is C28H34N2O4S2. The molecule has 2 N–H and O–H groups in total. The predicted molar refractivity (Wildman–Crippen MR) is 146 cm³/mol. The molecule has 0 aliphatic carbocycles. The van der Waals surface area contributed by atoms with E-state index in [4.69, 9.17) is 15.2 Å². The van der Waals surface area contributed by atoms with Crippen molar-refractivity contribution in [1.29, 1.82) is 0 Å². The van der Waals surface area contributed by atoms with E-state index in [1.165, 1.54) is 16.0 Å². The van der Waals surface area contributed by atoms with Gasteiger partial charge in [0.05, 0.1) is 24.0 Å². The number of piperidine rings is 1. The molecule has 1 unspecified atom stereocenters. The van der Waals surface area contributed by atoms with E-state index in [0.29, 0.717) is 44.0 Å². The summed E-state index contributed by atoms with van der Waals surface area (Å²) in [5, 5.41) is 2.09. The number of ether oxygens (including phenoxy) is 2. The Bertz CT molecular complexity index is 1140. The van der Waals surface area contributed by atoms with Gasteiger partial charge in [0.1, 0.15) is 10.5 Å². The van der Waals surface area contributed by atoms with Crippen LogP contribution in [0.1, 0.15) is 24.8 Å². The van der Waals surface area contributed by atoms with Crippen molar-refractivity contribution in [2.45, 2.75) is 35.3 Å². The number of carbonyl (C=O) groups is 1. The molecule has 1 saturated heterocycles. The Labute approximate surface area is 219 Å². The molecule has 6 nitrogen and oxygen atoms in total. The molecule has 1 aliphatic heterocycles. The first-order valence-electron chi connectivity index (χ1n) is 12.3. The summed E-state index contributed by atoms with van der Waals surface area (Å²) in [7, 11) is 0.150. The molecule has 192 valence electrons. The standard InChI is InChI=1S/C28H34N2O4S2/c1-33-19-17-30-15-13-28(14-16-30,27(29)31)36(32)25-11-9-24(10-12-25)34-18-3-6-22-5-2-7-23(21-22)26-8-4-20-35-26/h2,4-5,7-12,20-21H,3,6,13-19H2,1H3,(H2,29,31). The summed E-state index contributed by atoms with van der Waals surface area (Å²) < 4.78 is 23.5. The summed E-state index contributed by atoms with van der Waals surface area (Å²) in [4.78, 5) is 16.5. The molecule has 3 aromatic rings. The van der Waals surface area contributed by atoms with Gasteiger partial charge in [0.2, 0.25) is 5.91 Å². The summed E-state index contributed by atoms with van der Waals surface area (Å²) in [6.45, 7) is 3.37.